The van der Waals surface area contributed by atoms with Crippen molar-refractivity contribution < 1.29 is 26.0 Å². The molecule has 7 aromatic rings. The molecule has 2 N–H and O–H groups in total. The first kappa shape index (κ1) is 50.8. The lowest BCUT2D eigenvalue weighted by Crippen LogP contribution is -2.31. The van der Waals surface area contributed by atoms with Gasteiger partial charge in [0.25, 0.3) is 0 Å². The van der Waals surface area contributed by atoms with Crippen LogP contribution in [0.5, 0.6) is 0 Å². The second-order valence-electron chi connectivity index (χ2n) is 14.2. The third-order valence-electron chi connectivity index (χ3n) is 9.48. The van der Waals surface area contributed by atoms with E-state index in [4.69, 9.17) is 4.98 Å². The Morgan fingerprint density at radius 1 is 0.750 bits per heavy atom. The molecular weight excluding hydrogens is 880 g/mol. The molecule has 2 aromatic carbocycles. The zero-order chi connectivity index (χ0) is 44.6. The molecule has 0 aliphatic heterocycles. The summed E-state index contributed by atoms with van der Waals surface area (Å²) in [6.07, 6.45) is 4.66. The molecule has 0 aliphatic carbocycles. The standard InChI is InChI=1S/C27H30FN9O2S2.C14H17N3O3S.2CH4/c1-18-25(19-8-5-4-6-9-19)37(41(38,39)36(2)3)22(34-18)11-14-29-15-12-23-35-24-26(32-17-33-27(24)40-23)31-16-21-20(28)10-7-13-30-21;1-11-14(12-7-5-4-6-8-12)15-13(9-10-18)17(11)21(19,20)16(2)3;;/h4-10,13,17,29H,11-12,14-16H2,1-3H3,(H,31,32,33);4-8,10H,9H2,1-3H3;2*1H4. The molecule has 7 rings (SSSR count). The zero-order valence-corrected chi connectivity index (χ0v) is 37.5. The molecule has 64 heavy (non-hydrogen) atoms. The molecule has 0 aliphatic rings. The number of thiazole rings is 1. The number of imidazole rings is 2. The minimum atomic E-state index is -3.79. The SMILES string of the molecule is C.C.Cc1c(-c2ccccc2)nc(CC=O)n1S(=O)(=O)N(C)C.Cc1nc(CCNCCc2nc3c(NCc4ncccc4F)ncnc3s2)n(S(=O)(=O)N(C)C)c1-c1ccccc1. The first-order valence-electron chi connectivity index (χ1n) is 19.4. The highest BCUT2D eigenvalue weighted by molar-refractivity contribution is 7.87. The van der Waals surface area contributed by atoms with Gasteiger partial charge >= 0.3 is 20.4 Å². The van der Waals surface area contributed by atoms with Crippen LogP contribution < -0.4 is 10.6 Å². The normalized spacial score (nSPS) is 11.5. The average molecular weight is 935 g/mol. The molecule has 0 radical (unpaired) electrons. The van der Waals surface area contributed by atoms with Crippen molar-refractivity contribution >= 4 is 54.2 Å². The van der Waals surface area contributed by atoms with E-state index >= 15 is 0 Å². The molecule has 0 spiro atoms. The average Bonchev–Trinajstić information content (AvgIpc) is 3.94. The van der Waals surface area contributed by atoms with E-state index in [9.17, 15) is 26.0 Å². The lowest BCUT2D eigenvalue weighted by Gasteiger charge is -2.17. The number of halogens is 1. The van der Waals surface area contributed by atoms with Crippen LogP contribution in [-0.2, 0) is 51.0 Å². The quantitative estimate of drug-likeness (QED) is 0.0801. The Labute approximate surface area is 378 Å². The molecule has 0 atom stereocenters. The second-order valence-corrected chi connectivity index (χ2v) is 19.2. The van der Waals surface area contributed by atoms with Crippen LogP contribution in [0.3, 0.4) is 0 Å². The minimum absolute atomic E-state index is 0. The van der Waals surface area contributed by atoms with Crippen LogP contribution in [0, 0.1) is 19.7 Å². The molecule has 0 amide bonds. The van der Waals surface area contributed by atoms with Gasteiger partial charge in [-0.15, -0.1) is 0 Å². The van der Waals surface area contributed by atoms with Gasteiger partial charge in [0.1, 0.15) is 40.4 Å². The lowest BCUT2D eigenvalue weighted by atomic mass is 10.1. The van der Waals surface area contributed by atoms with Gasteiger partial charge in [-0.1, -0.05) is 86.9 Å². The fourth-order valence-electron chi connectivity index (χ4n) is 6.42. The molecule has 0 fully saturated rings. The van der Waals surface area contributed by atoms with Crippen molar-refractivity contribution in [2.45, 2.75) is 54.5 Å². The lowest BCUT2D eigenvalue weighted by molar-refractivity contribution is -0.107. The maximum Gasteiger partial charge on any atom is 0.309 e. The Balaban J connectivity index is 0.000000331. The van der Waals surface area contributed by atoms with Crippen molar-refractivity contribution in [1.82, 2.24) is 51.8 Å². The van der Waals surface area contributed by atoms with Gasteiger partial charge in [-0.3, -0.25) is 4.98 Å². The van der Waals surface area contributed by atoms with Gasteiger partial charge in [0, 0.05) is 71.4 Å². The second kappa shape index (κ2) is 22.2. The Bertz CT molecular complexity index is 2870. The molecule has 21 heteroatoms. The van der Waals surface area contributed by atoms with Gasteiger partial charge in [-0.05, 0) is 26.0 Å². The number of aromatic nitrogens is 8. The monoisotopic (exact) mass is 934 g/mol. The summed E-state index contributed by atoms with van der Waals surface area (Å²) >= 11 is 1.47. The number of carbonyl (C=O) groups excluding carboxylic acids is 1. The Morgan fingerprint density at radius 3 is 2.00 bits per heavy atom. The van der Waals surface area contributed by atoms with E-state index in [1.165, 1.54) is 60.2 Å². The van der Waals surface area contributed by atoms with Gasteiger partial charge in [-0.25, -0.2) is 37.3 Å². The van der Waals surface area contributed by atoms with Gasteiger partial charge in [-0.2, -0.15) is 25.4 Å². The summed E-state index contributed by atoms with van der Waals surface area (Å²) in [7, 11) is -1.58. The van der Waals surface area contributed by atoms with Crippen molar-refractivity contribution in [3.8, 4) is 22.5 Å². The highest BCUT2D eigenvalue weighted by Crippen LogP contribution is 2.29. The summed E-state index contributed by atoms with van der Waals surface area (Å²) in [5.41, 5.74) is 4.81. The van der Waals surface area contributed by atoms with E-state index in [1.807, 2.05) is 67.6 Å². The third kappa shape index (κ3) is 11.3. The molecule has 0 saturated heterocycles. The molecule has 342 valence electrons. The number of aryl methyl sites for hydroxylation is 1. The molecule has 5 aromatic heterocycles. The first-order chi connectivity index (χ1) is 29.6. The number of nitrogens with one attached hydrogen (secondary N) is 2. The molecule has 0 bridgehead atoms. The van der Waals surface area contributed by atoms with Gasteiger partial charge in [0.15, 0.2) is 5.82 Å². The number of anilines is 1. The number of pyridine rings is 1. The first-order valence-corrected chi connectivity index (χ1v) is 23.0. The van der Waals surface area contributed by atoms with Crippen molar-refractivity contribution in [2.24, 2.45) is 0 Å². The Morgan fingerprint density at radius 2 is 1.38 bits per heavy atom. The van der Waals surface area contributed by atoms with Crippen molar-refractivity contribution in [2.75, 3.05) is 46.6 Å². The maximum atomic E-state index is 13.9. The van der Waals surface area contributed by atoms with Crippen LogP contribution in [0.15, 0.2) is 85.3 Å². The molecule has 0 unspecified atom stereocenters. The van der Waals surface area contributed by atoms with Crippen LogP contribution in [0.1, 0.15) is 48.6 Å². The number of hydrogen-bond donors (Lipinski definition) is 2. The zero-order valence-electron chi connectivity index (χ0n) is 35.0. The smallest absolute Gasteiger partial charge is 0.309 e. The van der Waals surface area contributed by atoms with E-state index in [0.717, 1.165) is 29.2 Å². The largest absolute Gasteiger partial charge is 0.362 e. The van der Waals surface area contributed by atoms with E-state index in [2.05, 4.69) is 35.6 Å². The molecular formula is C43H55FN12O5S3. The summed E-state index contributed by atoms with van der Waals surface area (Å²) in [6.45, 7) is 4.84. The number of rotatable bonds is 17. The van der Waals surface area contributed by atoms with Crippen molar-refractivity contribution in [3.05, 3.63) is 125 Å². The molecule has 17 nitrogen and oxygen atoms in total. The van der Waals surface area contributed by atoms with E-state index in [-0.39, 0.29) is 39.5 Å². The van der Waals surface area contributed by atoms with Gasteiger partial charge in [0.05, 0.1) is 46.4 Å². The number of nitrogens with zero attached hydrogens (tertiary/aromatic N) is 10. The highest BCUT2D eigenvalue weighted by atomic mass is 32.2. The Kier molecular flexibility index (Phi) is 17.6. The predicted molar refractivity (Wildman–Crippen MR) is 251 cm³/mol. The van der Waals surface area contributed by atoms with E-state index in [0.29, 0.717) is 77.8 Å². The van der Waals surface area contributed by atoms with Crippen LogP contribution in [-0.4, -0.2) is 111 Å². The third-order valence-corrected chi connectivity index (χ3v) is 14.2. The molecule has 5 heterocycles. The van der Waals surface area contributed by atoms with Crippen molar-refractivity contribution in [3.63, 3.8) is 0 Å². The van der Waals surface area contributed by atoms with Crippen LogP contribution in [0.2, 0.25) is 0 Å². The van der Waals surface area contributed by atoms with E-state index in [1.54, 1.807) is 19.2 Å². The number of fused-ring (bicyclic) bond motifs is 1. The van der Waals surface area contributed by atoms with Crippen LogP contribution in [0.4, 0.5) is 10.2 Å². The summed E-state index contributed by atoms with van der Waals surface area (Å²) in [4.78, 5) is 37.9. The number of hydrogen-bond acceptors (Lipinski definition) is 14. The van der Waals surface area contributed by atoms with Crippen molar-refractivity contribution in [1.29, 1.82) is 0 Å². The number of carbonyl (C=O) groups is 1. The topological polar surface area (TPSA) is 203 Å². The number of benzene rings is 2. The summed E-state index contributed by atoms with van der Waals surface area (Å²) in [5.74, 6) is 0.825. The predicted octanol–water partition coefficient (Wildman–Crippen LogP) is 5.96. The fourth-order valence-corrected chi connectivity index (χ4v) is 9.65. The Hall–Kier alpha value is -5.84. The maximum absolute atomic E-state index is 13.9. The van der Waals surface area contributed by atoms with E-state index < -0.39 is 20.4 Å². The fraction of sp³-hybridized carbons (Fsp3) is 0.326. The van der Waals surface area contributed by atoms with Crippen LogP contribution >= 0.6 is 11.3 Å². The minimum Gasteiger partial charge on any atom is -0.362 e. The van der Waals surface area contributed by atoms with Crippen LogP contribution in [0.25, 0.3) is 32.9 Å². The van der Waals surface area contributed by atoms with Gasteiger partial charge in [0.2, 0.25) is 0 Å². The summed E-state index contributed by atoms with van der Waals surface area (Å²) < 4.78 is 70.1. The summed E-state index contributed by atoms with van der Waals surface area (Å²) in [6, 6.07) is 21.6. The number of aldehydes is 1. The highest BCUT2D eigenvalue weighted by Gasteiger charge is 2.28. The molecule has 0 saturated carbocycles. The van der Waals surface area contributed by atoms with Gasteiger partial charge < -0.3 is 15.4 Å². The summed E-state index contributed by atoms with van der Waals surface area (Å²) in [5, 5.41) is 7.36.